The van der Waals surface area contributed by atoms with E-state index in [1.165, 1.54) is 0 Å². The number of nitrogens with zero attached hydrogens (tertiary/aromatic N) is 2. The summed E-state index contributed by atoms with van der Waals surface area (Å²) in [6, 6.07) is 24.3. The van der Waals surface area contributed by atoms with Crippen molar-refractivity contribution in [3.8, 4) is 28.4 Å². The van der Waals surface area contributed by atoms with Crippen LogP contribution in [0.2, 0.25) is 10.0 Å². The number of aliphatic carboxylic acids is 1. The molecular formula is C46H44Cl2N4O7. The second kappa shape index (κ2) is 17.3. The number of hydrogen-bond donors (Lipinski definition) is 3. The van der Waals surface area contributed by atoms with Crippen LogP contribution in [-0.2, 0) is 40.4 Å². The molecule has 5 aromatic rings. The van der Waals surface area contributed by atoms with Crippen molar-refractivity contribution in [2.75, 3.05) is 19.7 Å². The van der Waals surface area contributed by atoms with Gasteiger partial charge in [-0.25, -0.2) is 4.79 Å². The normalized spacial score (nSPS) is 18.8. The minimum Gasteiger partial charge on any atom is -0.489 e. The number of benzene rings is 4. The number of halogens is 2. The highest BCUT2D eigenvalue weighted by atomic mass is 35.5. The van der Waals surface area contributed by atoms with Crippen molar-refractivity contribution in [3.63, 3.8) is 0 Å². The van der Waals surface area contributed by atoms with E-state index in [9.17, 15) is 19.5 Å². The molecule has 0 saturated carbocycles. The summed E-state index contributed by atoms with van der Waals surface area (Å²) in [6.45, 7) is 5.98. The lowest BCUT2D eigenvalue weighted by atomic mass is 9.90. The molecule has 8 rings (SSSR count). The summed E-state index contributed by atoms with van der Waals surface area (Å²) < 4.78 is 18.7. The molecule has 0 radical (unpaired) electrons. The summed E-state index contributed by atoms with van der Waals surface area (Å²) in [7, 11) is 0. The lowest BCUT2D eigenvalue weighted by Crippen LogP contribution is -2.57. The summed E-state index contributed by atoms with van der Waals surface area (Å²) in [6.07, 6.45) is 2.32. The lowest BCUT2D eigenvalue weighted by molar-refractivity contribution is -0.147. The number of hydrogen-bond acceptors (Lipinski definition) is 8. The predicted molar refractivity (Wildman–Crippen MR) is 224 cm³/mol. The first-order valence-electron chi connectivity index (χ1n) is 19.7. The number of carbonyl (C=O) groups is 3. The number of ether oxygens (including phenoxy) is 3. The average molecular weight is 836 g/mol. The van der Waals surface area contributed by atoms with Gasteiger partial charge in [0.25, 0.3) is 0 Å². The monoisotopic (exact) mass is 834 g/mol. The molecule has 13 heteroatoms. The smallest absolute Gasteiger partial charge is 0.326 e. The van der Waals surface area contributed by atoms with Gasteiger partial charge in [0.05, 0.1) is 16.0 Å². The van der Waals surface area contributed by atoms with Crippen molar-refractivity contribution in [2.45, 2.75) is 64.4 Å². The van der Waals surface area contributed by atoms with E-state index in [1.54, 1.807) is 23.2 Å². The van der Waals surface area contributed by atoms with E-state index in [1.807, 2.05) is 86.6 Å². The summed E-state index contributed by atoms with van der Waals surface area (Å²) >= 11 is 12.2. The Bertz CT molecular complexity index is 2380. The number of fused-ring (bicyclic) bond motifs is 2. The van der Waals surface area contributed by atoms with E-state index in [2.05, 4.69) is 15.6 Å². The van der Waals surface area contributed by atoms with Crippen molar-refractivity contribution in [3.05, 3.63) is 140 Å². The zero-order valence-corrected chi connectivity index (χ0v) is 34.2. The van der Waals surface area contributed by atoms with E-state index >= 15 is 0 Å². The van der Waals surface area contributed by atoms with Crippen LogP contribution in [0.25, 0.3) is 11.1 Å². The third kappa shape index (κ3) is 8.88. The Morgan fingerprint density at radius 2 is 1.71 bits per heavy atom. The van der Waals surface area contributed by atoms with Gasteiger partial charge in [0.1, 0.15) is 31.0 Å². The molecule has 4 heterocycles. The fraction of sp³-hybridized carbons (Fsp3) is 0.304. The summed E-state index contributed by atoms with van der Waals surface area (Å²) in [5, 5.41) is 17.3. The maximum absolute atomic E-state index is 14.1. The van der Waals surface area contributed by atoms with Gasteiger partial charge in [0, 0.05) is 37.8 Å². The second-order valence-electron chi connectivity index (χ2n) is 15.3. The van der Waals surface area contributed by atoms with Crippen molar-refractivity contribution < 1.29 is 33.7 Å². The number of carboxylic acid groups (broad SMARTS) is 1. The van der Waals surface area contributed by atoms with Gasteiger partial charge in [0.15, 0.2) is 17.6 Å². The highest BCUT2D eigenvalue weighted by molar-refractivity contribution is 6.42. The summed E-state index contributed by atoms with van der Waals surface area (Å²) in [5.74, 6) is -0.321. The van der Waals surface area contributed by atoms with Crippen molar-refractivity contribution >= 4 is 41.0 Å². The number of nitrogens with one attached hydrogen (secondary N) is 2. The fourth-order valence-electron chi connectivity index (χ4n) is 7.93. The lowest BCUT2D eigenvalue weighted by Gasteiger charge is -2.38. The van der Waals surface area contributed by atoms with Gasteiger partial charge in [-0.3, -0.25) is 14.6 Å². The number of pyridine rings is 1. The largest absolute Gasteiger partial charge is 0.489 e. The first-order valence-corrected chi connectivity index (χ1v) is 20.4. The molecule has 0 spiro atoms. The van der Waals surface area contributed by atoms with Crippen molar-refractivity contribution in [2.24, 2.45) is 5.92 Å². The zero-order chi connectivity index (χ0) is 41.2. The van der Waals surface area contributed by atoms with Gasteiger partial charge < -0.3 is 34.9 Å². The molecule has 3 aliphatic heterocycles. The molecule has 11 nitrogen and oxygen atoms in total. The number of aryl methyl sites for hydroxylation is 1. The van der Waals surface area contributed by atoms with E-state index in [0.29, 0.717) is 53.4 Å². The Morgan fingerprint density at radius 1 is 0.949 bits per heavy atom. The minimum absolute atomic E-state index is 0.0772. The third-order valence-corrected chi connectivity index (χ3v) is 12.2. The first kappa shape index (κ1) is 40.2. The van der Waals surface area contributed by atoms with Crippen LogP contribution in [0.15, 0.2) is 91.1 Å². The van der Waals surface area contributed by atoms with Crippen molar-refractivity contribution in [1.82, 2.24) is 20.5 Å². The quantitative estimate of drug-likeness (QED) is 0.124. The Labute approximate surface area is 352 Å². The van der Waals surface area contributed by atoms with Crippen molar-refractivity contribution in [1.29, 1.82) is 0 Å². The molecule has 0 bridgehead atoms. The molecule has 3 N–H and O–H groups in total. The Kier molecular flexibility index (Phi) is 11.8. The number of amides is 2. The zero-order valence-electron chi connectivity index (χ0n) is 32.7. The van der Waals surface area contributed by atoms with Crippen LogP contribution in [-0.4, -0.2) is 64.6 Å². The molecule has 4 aromatic carbocycles. The van der Waals surface area contributed by atoms with Gasteiger partial charge in [-0.1, -0.05) is 65.7 Å². The van der Waals surface area contributed by atoms with Crippen LogP contribution in [0, 0.1) is 19.8 Å². The van der Waals surface area contributed by atoms with Crippen LogP contribution < -0.4 is 24.8 Å². The SMILES string of the molecule is Cc1nccc(-c2ccc(C[C@H](NC(=O)[C@@H]3Cc4cc5c(cc4CN3C(=O)[C@@H]3CCNC3)O[C@@H](c3ccc(OCc4ccc(Cl)c(Cl)c4)cc3)CO5)C(=O)O)cc2)c1C. The molecule has 1 saturated heterocycles. The second-order valence-corrected chi connectivity index (χ2v) is 16.2. The highest BCUT2D eigenvalue weighted by Gasteiger charge is 2.40. The van der Waals surface area contributed by atoms with E-state index < -0.39 is 24.0 Å². The fourth-order valence-corrected chi connectivity index (χ4v) is 8.25. The first-order chi connectivity index (χ1) is 28.5. The Morgan fingerprint density at radius 3 is 2.44 bits per heavy atom. The number of aromatic nitrogens is 1. The van der Waals surface area contributed by atoms with Gasteiger partial charge in [-0.15, -0.1) is 0 Å². The standard InChI is InChI=1S/C46H44Cl2N4O7/c1-26-27(2)50-16-14-36(26)30-6-3-28(4-7-30)18-39(46(55)56)51-44(53)40-19-33-20-41-42(21-34(33)23-52(40)45(54)32-13-15-49-22-32)59-43(25-58-41)31-8-10-35(11-9-31)57-24-29-5-12-37(47)38(48)17-29/h3-12,14,16-17,20-21,32,39-40,43,49H,13,15,18-19,22-25H2,1-2H3,(H,51,53)(H,55,56)/t32-,39+,40+,43-/m1/s1. The predicted octanol–water partition coefficient (Wildman–Crippen LogP) is 7.44. The van der Waals surface area contributed by atoms with E-state index in [4.69, 9.17) is 37.4 Å². The van der Waals surface area contributed by atoms with Crippen LogP contribution in [0.3, 0.4) is 0 Å². The van der Waals surface area contributed by atoms with Crippen LogP contribution in [0.4, 0.5) is 0 Å². The van der Waals surface area contributed by atoms with Gasteiger partial charge >= 0.3 is 5.97 Å². The third-order valence-electron chi connectivity index (χ3n) is 11.5. The summed E-state index contributed by atoms with van der Waals surface area (Å²) in [4.78, 5) is 46.7. The van der Waals surface area contributed by atoms with E-state index in [0.717, 1.165) is 50.2 Å². The van der Waals surface area contributed by atoms with Gasteiger partial charge in [-0.2, -0.15) is 0 Å². The molecule has 2 amide bonds. The van der Waals surface area contributed by atoms with Crippen LogP contribution in [0.1, 0.15) is 51.6 Å². The molecule has 304 valence electrons. The molecule has 0 aliphatic carbocycles. The highest BCUT2D eigenvalue weighted by Crippen LogP contribution is 2.41. The van der Waals surface area contributed by atoms with Crippen LogP contribution in [0.5, 0.6) is 17.2 Å². The molecular weight excluding hydrogens is 791 g/mol. The minimum atomic E-state index is -1.20. The maximum Gasteiger partial charge on any atom is 0.326 e. The molecule has 1 aromatic heterocycles. The molecule has 4 atom stereocenters. The van der Waals surface area contributed by atoms with Gasteiger partial charge in [-0.05, 0) is 114 Å². The molecule has 3 aliphatic rings. The Hall–Kier alpha value is -5.62. The average Bonchev–Trinajstić information content (AvgIpc) is 3.79. The molecule has 59 heavy (non-hydrogen) atoms. The van der Waals surface area contributed by atoms with Gasteiger partial charge in [0.2, 0.25) is 11.8 Å². The molecule has 0 unspecified atom stereocenters. The van der Waals surface area contributed by atoms with Crippen LogP contribution >= 0.6 is 23.2 Å². The topological polar surface area (TPSA) is 139 Å². The maximum atomic E-state index is 14.1. The molecule has 1 fully saturated rings. The number of carboxylic acids is 1. The number of rotatable bonds is 11. The number of carbonyl (C=O) groups excluding carboxylic acids is 2. The van der Waals surface area contributed by atoms with E-state index in [-0.39, 0.29) is 43.9 Å². The summed E-state index contributed by atoms with van der Waals surface area (Å²) in [5.41, 5.74) is 8.31. The Balaban J connectivity index is 0.964.